The van der Waals surface area contributed by atoms with E-state index in [0.717, 1.165) is 5.75 Å². The van der Waals surface area contributed by atoms with Crippen LogP contribution in [-0.4, -0.2) is 19.1 Å². The lowest BCUT2D eigenvalue weighted by molar-refractivity contribution is -0.116. The average Bonchev–Trinajstić information content (AvgIpc) is 2.37. The predicted octanol–water partition coefficient (Wildman–Crippen LogP) is 2.97. The molecule has 0 bridgehead atoms. The standard InChI is InChI=1S/C14H16ClNO2/c1-2-3-4-5-14(17)16-10-11-18-13-8-6-12(15)7-9-13/h2-9H,10-11H2,1H3,(H,16,17)/b3-2+,5-4+. The number of carbonyl (C=O) groups excluding carboxylic acids is 1. The molecular formula is C14H16ClNO2. The number of amides is 1. The van der Waals surface area contributed by atoms with Crippen LogP contribution >= 0.6 is 11.6 Å². The normalized spacial score (nSPS) is 11.0. The van der Waals surface area contributed by atoms with Gasteiger partial charge in [0.25, 0.3) is 0 Å². The summed E-state index contributed by atoms with van der Waals surface area (Å²) in [7, 11) is 0. The molecule has 4 heteroatoms. The first-order chi connectivity index (χ1) is 8.72. The Morgan fingerprint density at radius 1 is 1.33 bits per heavy atom. The number of hydrogen-bond acceptors (Lipinski definition) is 2. The maximum Gasteiger partial charge on any atom is 0.244 e. The molecule has 0 aromatic heterocycles. The Morgan fingerprint density at radius 2 is 2.06 bits per heavy atom. The second kappa shape index (κ2) is 8.37. The minimum atomic E-state index is -0.132. The fourth-order valence-corrected chi connectivity index (χ4v) is 1.31. The second-order valence-corrected chi connectivity index (χ2v) is 3.91. The lowest BCUT2D eigenvalue weighted by Crippen LogP contribution is -2.26. The number of ether oxygens (including phenoxy) is 1. The molecule has 1 N–H and O–H groups in total. The van der Waals surface area contributed by atoms with Gasteiger partial charge >= 0.3 is 0 Å². The van der Waals surface area contributed by atoms with Crippen molar-refractivity contribution in [3.8, 4) is 5.75 Å². The van der Waals surface area contributed by atoms with Gasteiger partial charge in [0.15, 0.2) is 0 Å². The Kier molecular flexibility index (Phi) is 6.66. The van der Waals surface area contributed by atoms with Crippen LogP contribution in [0.25, 0.3) is 0 Å². The van der Waals surface area contributed by atoms with Gasteiger partial charge in [-0.05, 0) is 31.2 Å². The number of halogens is 1. The van der Waals surface area contributed by atoms with Crippen molar-refractivity contribution in [2.24, 2.45) is 0 Å². The molecule has 0 atom stereocenters. The summed E-state index contributed by atoms with van der Waals surface area (Å²) in [6.45, 7) is 2.77. The van der Waals surface area contributed by atoms with Crippen molar-refractivity contribution >= 4 is 17.5 Å². The van der Waals surface area contributed by atoms with Crippen molar-refractivity contribution in [2.45, 2.75) is 6.92 Å². The van der Waals surface area contributed by atoms with Gasteiger partial charge in [0.1, 0.15) is 12.4 Å². The highest BCUT2D eigenvalue weighted by Gasteiger charge is 1.95. The molecule has 0 saturated carbocycles. The molecule has 0 radical (unpaired) electrons. The Labute approximate surface area is 112 Å². The molecule has 0 aliphatic rings. The number of nitrogens with one attached hydrogen (secondary N) is 1. The summed E-state index contributed by atoms with van der Waals surface area (Å²) in [6, 6.07) is 7.09. The number of allylic oxidation sites excluding steroid dienone is 3. The lowest BCUT2D eigenvalue weighted by atomic mass is 10.3. The highest BCUT2D eigenvalue weighted by molar-refractivity contribution is 6.30. The SMILES string of the molecule is C/C=C/C=C/C(=O)NCCOc1ccc(Cl)cc1. The molecule has 1 aromatic carbocycles. The van der Waals surface area contributed by atoms with Crippen LogP contribution < -0.4 is 10.1 Å². The Bertz CT molecular complexity index is 424. The molecule has 0 fully saturated rings. The largest absolute Gasteiger partial charge is 0.492 e. The molecule has 1 amide bonds. The van der Waals surface area contributed by atoms with Crippen molar-refractivity contribution in [1.82, 2.24) is 5.32 Å². The summed E-state index contributed by atoms with van der Waals surface area (Å²) in [4.78, 5) is 11.3. The number of rotatable bonds is 6. The first kappa shape index (κ1) is 14.3. The first-order valence-corrected chi connectivity index (χ1v) is 6.05. The first-order valence-electron chi connectivity index (χ1n) is 5.68. The van der Waals surface area contributed by atoms with Crippen molar-refractivity contribution in [1.29, 1.82) is 0 Å². The highest BCUT2D eigenvalue weighted by Crippen LogP contribution is 2.14. The van der Waals surface area contributed by atoms with Gasteiger partial charge in [-0.25, -0.2) is 0 Å². The predicted molar refractivity (Wildman–Crippen MR) is 73.9 cm³/mol. The van der Waals surface area contributed by atoms with Gasteiger partial charge in [0.05, 0.1) is 6.54 Å². The summed E-state index contributed by atoms with van der Waals surface area (Å²) in [5.74, 6) is 0.603. The van der Waals surface area contributed by atoms with Gasteiger partial charge in [-0.1, -0.05) is 29.8 Å². The van der Waals surface area contributed by atoms with Crippen molar-refractivity contribution in [3.05, 3.63) is 53.6 Å². The molecule has 0 saturated heterocycles. The molecule has 0 aliphatic heterocycles. The van der Waals surface area contributed by atoms with E-state index in [4.69, 9.17) is 16.3 Å². The summed E-state index contributed by atoms with van der Waals surface area (Å²) in [6.07, 6.45) is 6.81. The van der Waals surface area contributed by atoms with Crippen LogP contribution in [-0.2, 0) is 4.79 Å². The average molecular weight is 266 g/mol. The van der Waals surface area contributed by atoms with Crippen LogP contribution in [0.3, 0.4) is 0 Å². The quantitative estimate of drug-likeness (QED) is 0.488. The van der Waals surface area contributed by atoms with Gasteiger partial charge in [-0.3, -0.25) is 4.79 Å². The smallest absolute Gasteiger partial charge is 0.244 e. The third-order valence-corrected chi connectivity index (χ3v) is 2.29. The van der Waals surface area contributed by atoms with Crippen molar-refractivity contribution in [2.75, 3.05) is 13.2 Å². The van der Waals surface area contributed by atoms with E-state index in [9.17, 15) is 4.79 Å². The van der Waals surface area contributed by atoms with Gasteiger partial charge in [0, 0.05) is 11.1 Å². The van der Waals surface area contributed by atoms with E-state index < -0.39 is 0 Å². The molecule has 3 nitrogen and oxygen atoms in total. The van der Waals surface area contributed by atoms with E-state index in [0.29, 0.717) is 18.2 Å². The van der Waals surface area contributed by atoms with Gasteiger partial charge in [-0.15, -0.1) is 0 Å². The Hall–Kier alpha value is -1.74. The third-order valence-electron chi connectivity index (χ3n) is 2.03. The summed E-state index contributed by atoms with van der Waals surface area (Å²) >= 11 is 5.75. The van der Waals surface area contributed by atoms with E-state index in [2.05, 4.69) is 5.32 Å². The number of hydrogen-bond donors (Lipinski definition) is 1. The molecule has 0 heterocycles. The minimum Gasteiger partial charge on any atom is -0.492 e. The van der Waals surface area contributed by atoms with Crippen LogP contribution in [0.2, 0.25) is 5.02 Å². The number of benzene rings is 1. The molecular weight excluding hydrogens is 250 g/mol. The van der Waals surface area contributed by atoms with Crippen LogP contribution in [0.5, 0.6) is 5.75 Å². The topological polar surface area (TPSA) is 38.3 Å². The second-order valence-electron chi connectivity index (χ2n) is 3.48. The van der Waals surface area contributed by atoms with Crippen LogP contribution in [0.4, 0.5) is 0 Å². The van der Waals surface area contributed by atoms with Crippen LogP contribution in [0.1, 0.15) is 6.92 Å². The number of carbonyl (C=O) groups is 1. The fourth-order valence-electron chi connectivity index (χ4n) is 1.19. The summed E-state index contributed by atoms with van der Waals surface area (Å²) in [5, 5.41) is 3.38. The van der Waals surface area contributed by atoms with E-state index in [1.807, 2.05) is 13.0 Å². The molecule has 0 aliphatic carbocycles. The molecule has 0 spiro atoms. The zero-order valence-electron chi connectivity index (χ0n) is 10.2. The summed E-state index contributed by atoms with van der Waals surface area (Å²) in [5.41, 5.74) is 0. The zero-order valence-corrected chi connectivity index (χ0v) is 11.0. The van der Waals surface area contributed by atoms with E-state index in [1.54, 1.807) is 36.4 Å². The zero-order chi connectivity index (χ0) is 13.2. The Morgan fingerprint density at radius 3 is 2.72 bits per heavy atom. The summed E-state index contributed by atoms with van der Waals surface area (Å²) < 4.78 is 5.43. The van der Waals surface area contributed by atoms with Crippen LogP contribution in [0, 0.1) is 0 Å². The highest BCUT2D eigenvalue weighted by atomic mass is 35.5. The Balaban J connectivity index is 2.18. The minimum absolute atomic E-state index is 0.132. The molecule has 96 valence electrons. The van der Waals surface area contributed by atoms with Gasteiger partial charge in [0.2, 0.25) is 5.91 Å². The van der Waals surface area contributed by atoms with Crippen molar-refractivity contribution < 1.29 is 9.53 Å². The maximum absolute atomic E-state index is 11.3. The van der Waals surface area contributed by atoms with E-state index in [-0.39, 0.29) is 5.91 Å². The third kappa shape index (κ3) is 6.11. The fraction of sp³-hybridized carbons (Fsp3) is 0.214. The lowest BCUT2D eigenvalue weighted by Gasteiger charge is -2.06. The van der Waals surface area contributed by atoms with E-state index >= 15 is 0 Å². The van der Waals surface area contributed by atoms with Crippen LogP contribution in [0.15, 0.2) is 48.6 Å². The van der Waals surface area contributed by atoms with Crippen molar-refractivity contribution in [3.63, 3.8) is 0 Å². The monoisotopic (exact) mass is 265 g/mol. The van der Waals surface area contributed by atoms with E-state index in [1.165, 1.54) is 6.08 Å². The molecule has 18 heavy (non-hydrogen) atoms. The maximum atomic E-state index is 11.3. The molecule has 0 unspecified atom stereocenters. The van der Waals surface area contributed by atoms with Gasteiger partial charge in [-0.2, -0.15) is 0 Å². The van der Waals surface area contributed by atoms with Gasteiger partial charge < -0.3 is 10.1 Å². The molecule has 1 aromatic rings. The molecule has 1 rings (SSSR count).